The molecule has 4 heterocycles. The Morgan fingerprint density at radius 2 is 2.00 bits per heavy atom. The summed E-state index contributed by atoms with van der Waals surface area (Å²) in [5, 5.41) is 7.73. The highest BCUT2D eigenvalue weighted by Gasteiger charge is 2.32. The van der Waals surface area contributed by atoms with Crippen molar-refractivity contribution in [3.05, 3.63) is 39.7 Å². The van der Waals surface area contributed by atoms with E-state index in [9.17, 15) is 13.2 Å². The molecule has 1 saturated heterocycles. The van der Waals surface area contributed by atoms with Crippen LogP contribution in [0.3, 0.4) is 0 Å². The van der Waals surface area contributed by atoms with Crippen LogP contribution >= 0.6 is 22.7 Å². The van der Waals surface area contributed by atoms with E-state index in [4.69, 9.17) is 4.52 Å². The summed E-state index contributed by atoms with van der Waals surface area (Å²) in [6.07, 6.45) is 3.67. The minimum atomic E-state index is -3.62. The molecule has 1 aliphatic carbocycles. The summed E-state index contributed by atoms with van der Waals surface area (Å²) in [6.45, 7) is 1.38. The number of thiophene rings is 2. The first-order chi connectivity index (χ1) is 15.0. The van der Waals surface area contributed by atoms with Gasteiger partial charge in [0.1, 0.15) is 4.21 Å². The number of carbonyl (C=O) groups excluding carboxylic acids is 1. The standard InChI is InChI=1S/C20H22N4O4S3/c25-17(12-16-5-2-10-29-16)23-6-8-24(9-7-23)31(26,27)18-11-15(13-30-18)19-21-20(28-22-19)14-3-1-4-14/h2,5,10-11,13-14H,1,3-4,6-9,12H2. The van der Waals surface area contributed by atoms with Crippen molar-refractivity contribution >= 4 is 38.6 Å². The quantitative estimate of drug-likeness (QED) is 0.540. The zero-order chi connectivity index (χ0) is 21.4. The smallest absolute Gasteiger partial charge is 0.252 e. The Labute approximate surface area is 188 Å². The summed E-state index contributed by atoms with van der Waals surface area (Å²) in [5.74, 6) is 1.45. The lowest BCUT2D eigenvalue weighted by molar-refractivity contribution is -0.131. The van der Waals surface area contributed by atoms with Crippen molar-refractivity contribution in [1.29, 1.82) is 0 Å². The molecule has 31 heavy (non-hydrogen) atoms. The fourth-order valence-electron chi connectivity index (χ4n) is 3.72. The zero-order valence-electron chi connectivity index (χ0n) is 16.8. The summed E-state index contributed by atoms with van der Waals surface area (Å²) in [4.78, 5) is 19.7. The fourth-order valence-corrected chi connectivity index (χ4v) is 7.15. The topological polar surface area (TPSA) is 96.6 Å². The molecule has 0 bridgehead atoms. The lowest BCUT2D eigenvalue weighted by Crippen LogP contribution is -2.50. The van der Waals surface area contributed by atoms with Crippen molar-refractivity contribution in [2.45, 2.75) is 35.8 Å². The predicted octanol–water partition coefficient (Wildman–Crippen LogP) is 3.20. The first kappa shape index (κ1) is 20.8. The highest BCUT2D eigenvalue weighted by atomic mass is 32.2. The summed E-state index contributed by atoms with van der Waals surface area (Å²) in [5.41, 5.74) is 0.655. The third-order valence-electron chi connectivity index (χ3n) is 5.82. The molecular formula is C20H22N4O4S3. The molecule has 0 N–H and O–H groups in total. The SMILES string of the molecule is O=C(Cc1cccs1)N1CCN(S(=O)(=O)c2cc(-c3noc(C4CCC4)n3)cs2)CC1. The maximum atomic E-state index is 13.1. The van der Waals surface area contributed by atoms with Crippen molar-refractivity contribution < 1.29 is 17.7 Å². The summed E-state index contributed by atoms with van der Waals surface area (Å²) in [6, 6.07) is 5.48. The molecule has 0 radical (unpaired) electrons. The summed E-state index contributed by atoms with van der Waals surface area (Å²) in [7, 11) is -3.62. The van der Waals surface area contributed by atoms with Crippen LogP contribution in [0, 0.1) is 0 Å². The van der Waals surface area contributed by atoms with Gasteiger partial charge in [-0.25, -0.2) is 8.42 Å². The van der Waals surface area contributed by atoms with E-state index in [1.165, 1.54) is 10.7 Å². The second-order valence-corrected chi connectivity index (χ2v) is 11.9. The Morgan fingerprint density at radius 3 is 2.68 bits per heavy atom. The third kappa shape index (κ3) is 4.19. The minimum Gasteiger partial charge on any atom is -0.340 e. The molecule has 164 valence electrons. The number of piperazine rings is 1. The van der Waals surface area contributed by atoms with Crippen LogP contribution in [0.2, 0.25) is 0 Å². The van der Waals surface area contributed by atoms with E-state index >= 15 is 0 Å². The van der Waals surface area contributed by atoms with Crippen molar-refractivity contribution in [3.8, 4) is 11.4 Å². The van der Waals surface area contributed by atoms with Crippen LogP contribution in [0.25, 0.3) is 11.4 Å². The molecule has 5 rings (SSSR count). The molecule has 2 aliphatic rings. The van der Waals surface area contributed by atoms with Crippen molar-refractivity contribution in [1.82, 2.24) is 19.3 Å². The number of nitrogens with zero attached hydrogens (tertiary/aromatic N) is 4. The molecule has 0 spiro atoms. The maximum absolute atomic E-state index is 13.1. The molecule has 2 fully saturated rings. The van der Waals surface area contributed by atoms with Gasteiger partial charge in [0, 0.05) is 47.9 Å². The van der Waals surface area contributed by atoms with Crippen LogP contribution in [0.5, 0.6) is 0 Å². The molecule has 0 aromatic carbocycles. The molecule has 0 unspecified atom stereocenters. The van der Waals surface area contributed by atoms with Gasteiger partial charge in [0.25, 0.3) is 10.0 Å². The van der Waals surface area contributed by atoms with E-state index in [-0.39, 0.29) is 10.1 Å². The molecule has 1 aliphatic heterocycles. The Kier molecular flexibility index (Phi) is 5.67. The monoisotopic (exact) mass is 478 g/mol. The summed E-state index contributed by atoms with van der Waals surface area (Å²) < 4.78 is 33.3. The van der Waals surface area contributed by atoms with Crippen LogP contribution in [-0.4, -0.2) is 59.8 Å². The zero-order valence-corrected chi connectivity index (χ0v) is 19.2. The van der Waals surface area contributed by atoms with Crippen LogP contribution in [-0.2, 0) is 21.2 Å². The normalized spacial score (nSPS) is 18.3. The number of rotatable bonds is 6. The molecule has 1 amide bonds. The van der Waals surface area contributed by atoms with Gasteiger partial charge in [0.15, 0.2) is 0 Å². The molecule has 3 aromatic rings. The molecule has 8 nitrogen and oxygen atoms in total. The highest BCUT2D eigenvalue weighted by molar-refractivity contribution is 7.91. The van der Waals surface area contributed by atoms with Gasteiger partial charge in [-0.3, -0.25) is 4.79 Å². The average molecular weight is 479 g/mol. The van der Waals surface area contributed by atoms with Gasteiger partial charge in [0.05, 0.1) is 6.42 Å². The first-order valence-electron chi connectivity index (χ1n) is 10.2. The average Bonchev–Trinajstić information content (AvgIpc) is 3.48. The molecule has 11 heteroatoms. The Morgan fingerprint density at radius 1 is 1.19 bits per heavy atom. The number of sulfonamides is 1. The van der Waals surface area contributed by atoms with E-state index in [1.807, 2.05) is 17.5 Å². The highest BCUT2D eigenvalue weighted by Crippen LogP contribution is 2.37. The van der Waals surface area contributed by atoms with Crippen LogP contribution in [0.4, 0.5) is 0 Å². The number of aromatic nitrogens is 2. The Balaban J connectivity index is 1.23. The van der Waals surface area contributed by atoms with Gasteiger partial charge in [-0.2, -0.15) is 9.29 Å². The number of hydrogen-bond donors (Lipinski definition) is 0. The van der Waals surface area contributed by atoms with Crippen molar-refractivity contribution in [2.75, 3.05) is 26.2 Å². The van der Waals surface area contributed by atoms with E-state index in [0.717, 1.165) is 29.1 Å². The minimum absolute atomic E-state index is 0.0391. The molecular weight excluding hydrogens is 456 g/mol. The second kappa shape index (κ2) is 8.45. The molecule has 0 atom stereocenters. The van der Waals surface area contributed by atoms with Crippen LogP contribution in [0.1, 0.15) is 35.9 Å². The van der Waals surface area contributed by atoms with Crippen molar-refractivity contribution in [2.24, 2.45) is 0 Å². The lowest BCUT2D eigenvalue weighted by Gasteiger charge is -2.33. The largest absolute Gasteiger partial charge is 0.340 e. The number of carbonyl (C=O) groups is 1. The predicted molar refractivity (Wildman–Crippen MR) is 118 cm³/mol. The Bertz CT molecular complexity index is 1160. The van der Waals surface area contributed by atoms with Crippen molar-refractivity contribution in [3.63, 3.8) is 0 Å². The first-order valence-corrected chi connectivity index (χ1v) is 13.4. The summed E-state index contributed by atoms with van der Waals surface area (Å²) >= 11 is 2.72. The van der Waals surface area contributed by atoms with Gasteiger partial charge in [-0.05, 0) is 30.4 Å². The van der Waals surface area contributed by atoms with Gasteiger partial charge in [-0.1, -0.05) is 17.6 Å². The van der Waals surface area contributed by atoms with Crippen LogP contribution < -0.4 is 0 Å². The maximum Gasteiger partial charge on any atom is 0.252 e. The lowest BCUT2D eigenvalue weighted by atomic mass is 9.85. The van der Waals surface area contributed by atoms with Gasteiger partial charge < -0.3 is 9.42 Å². The van der Waals surface area contributed by atoms with Crippen LogP contribution in [0.15, 0.2) is 37.7 Å². The van der Waals surface area contributed by atoms with E-state index in [0.29, 0.717) is 55.8 Å². The van der Waals surface area contributed by atoms with E-state index in [2.05, 4.69) is 10.1 Å². The van der Waals surface area contributed by atoms with E-state index in [1.54, 1.807) is 27.7 Å². The van der Waals surface area contributed by atoms with E-state index < -0.39 is 10.0 Å². The number of hydrogen-bond acceptors (Lipinski definition) is 8. The fraction of sp³-hybridized carbons (Fsp3) is 0.450. The Hall–Kier alpha value is -2.08. The van der Waals surface area contributed by atoms with Gasteiger partial charge in [0.2, 0.25) is 17.6 Å². The van der Waals surface area contributed by atoms with Gasteiger partial charge in [-0.15, -0.1) is 22.7 Å². The third-order valence-corrected chi connectivity index (χ3v) is 10.0. The molecule has 1 saturated carbocycles. The number of amides is 1. The molecule has 3 aromatic heterocycles. The second-order valence-electron chi connectivity index (χ2n) is 7.78. The van der Waals surface area contributed by atoms with Gasteiger partial charge >= 0.3 is 0 Å².